The Morgan fingerprint density at radius 1 is 0.750 bits per heavy atom. The first kappa shape index (κ1) is 27.8. The molecule has 0 fully saturated rings. The normalized spacial score (nSPS) is 10.2. The lowest BCUT2D eigenvalue weighted by Gasteiger charge is -2.25. The third-order valence-corrected chi connectivity index (χ3v) is 2.78. The number of hydrogen-bond donors (Lipinski definition) is 1. The molecule has 0 heterocycles. The Morgan fingerprint density at radius 3 is 1.25 bits per heavy atom. The number of nitrogens with two attached hydrogens (primary N) is 1. The Labute approximate surface area is 151 Å². The van der Waals surface area contributed by atoms with E-state index in [-0.39, 0.29) is 10.8 Å². The van der Waals surface area contributed by atoms with Crippen molar-refractivity contribution in [3.05, 3.63) is 29.3 Å². The molecule has 0 amide bonds. The molecule has 1 aromatic rings. The van der Waals surface area contributed by atoms with Crippen molar-refractivity contribution in [1.82, 2.24) is 0 Å². The molecule has 0 spiro atoms. The van der Waals surface area contributed by atoms with Gasteiger partial charge in [0.2, 0.25) is 0 Å². The van der Waals surface area contributed by atoms with Crippen LogP contribution in [0.25, 0.3) is 0 Å². The smallest absolute Gasteiger partial charge is 0.168 e. The summed E-state index contributed by atoms with van der Waals surface area (Å²) in [6.07, 6.45) is 1.25. The van der Waals surface area contributed by atoms with Gasteiger partial charge in [0, 0.05) is 0 Å². The van der Waals surface area contributed by atoms with E-state index in [1.165, 1.54) is 17.5 Å². The van der Waals surface area contributed by atoms with E-state index in [1.54, 1.807) is 0 Å². The minimum Gasteiger partial charge on any atom is -0.320 e. The highest BCUT2D eigenvalue weighted by molar-refractivity contribution is 5.40. The molecule has 0 atom stereocenters. The third kappa shape index (κ3) is 12.4. The average Bonchev–Trinajstić information content (AvgIpc) is 2.50. The van der Waals surface area contributed by atoms with Crippen molar-refractivity contribution in [3.8, 4) is 5.75 Å². The highest BCUT2D eigenvalue weighted by Crippen LogP contribution is 2.32. The van der Waals surface area contributed by atoms with E-state index in [2.05, 4.69) is 66.4 Å². The van der Waals surface area contributed by atoms with Gasteiger partial charge in [0.25, 0.3) is 0 Å². The van der Waals surface area contributed by atoms with Crippen molar-refractivity contribution in [3.63, 3.8) is 0 Å². The summed E-state index contributed by atoms with van der Waals surface area (Å²) < 4.78 is 0. The standard InChI is InChI=1S/C14H23NO2.C3H8.2C2H6/c1-13(2,3)10-7-11(14(4,5)6)9-12(8-10)16-17-15;1-3-2;2*1-2/h7-9H,15H2,1-6H3;3H2,1-2H3;2*1-2H3. The van der Waals surface area contributed by atoms with Gasteiger partial charge in [-0.2, -0.15) is 5.90 Å². The highest BCUT2D eigenvalue weighted by Gasteiger charge is 2.21. The zero-order valence-corrected chi connectivity index (χ0v) is 18.3. The summed E-state index contributed by atoms with van der Waals surface area (Å²) in [5.74, 6) is 5.60. The number of hydrogen-bond acceptors (Lipinski definition) is 3. The second kappa shape index (κ2) is 14.3. The van der Waals surface area contributed by atoms with Gasteiger partial charge >= 0.3 is 0 Å². The van der Waals surface area contributed by atoms with E-state index in [4.69, 9.17) is 10.8 Å². The van der Waals surface area contributed by atoms with Gasteiger partial charge in [0.15, 0.2) is 5.75 Å². The number of rotatable bonds is 2. The molecule has 0 saturated carbocycles. The Kier molecular flexibility index (Phi) is 16.5. The maximum absolute atomic E-state index is 4.96. The second-order valence-corrected chi connectivity index (χ2v) is 7.13. The summed E-state index contributed by atoms with van der Waals surface area (Å²) in [6, 6.07) is 6.13. The monoisotopic (exact) mass is 341 g/mol. The van der Waals surface area contributed by atoms with Crippen LogP contribution in [0.2, 0.25) is 0 Å². The SMILES string of the molecule is CC.CC.CC(C)(C)c1cc(OON)cc(C(C)(C)C)c1.CCC. The Hall–Kier alpha value is -1.06. The first-order valence-corrected chi connectivity index (χ1v) is 9.25. The van der Waals surface area contributed by atoms with Crippen LogP contribution in [0, 0.1) is 0 Å². The van der Waals surface area contributed by atoms with E-state index in [0.29, 0.717) is 5.75 Å². The maximum atomic E-state index is 4.96. The summed E-state index contributed by atoms with van der Waals surface area (Å²) in [5, 5.41) is 0. The molecule has 0 aromatic heterocycles. The highest BCUT2D eigenvalue weighted by atomic mass is 17.3. The van der Waals surface area contributed by atoms with Gasteiger partial charge < -0.3 is 4.89 Å². The van der Waals surface area contributed by atoms with Gasteiger partial charge in [0.05, 0.1) is 0 Å². The van der Waals surface area contributed by atoms with Gasteiger partial charge in [0.1, 0.15) is 0 Å². The van der Waals surface area contributed by atoms with E-state index in [1.807, 2.05) is 39.8 Å². The topological polar surface area (TPSA) is 44.5 Å². The molecule has 3 heteroatoms. The van der Waals surface area contributed by atoms with Crippen LogP contribution in [-0.4, -0.2) is 0 Å². The third-order valence-electron chi connectivity index (χ3n) is 2.78. The lowest BCUT2D eigenvalue weighted by Crippen LogP contribution is -2.17. The fraction of sp³-hybridized carbons (Fsp3) is 0.714. The van der Waals surface area contributed by atoms with Crippen molar-refractivity contribution in [2.24, 2.45) is 5.90 Å². The minimum atomic E-state index is 0.0635. The van der Waals surface area contributed by atoms with Crippen LogP contribution in [0.3, 0.4) is 0 Å². The van der Waals surface area contributed by atoms with Gasteiger partial charge in [-0.3, -0.25) is 0 Å². The van der Waals surface area contributed by atoms with Gasteiger partial charge in [-0.25, -0.2) is 0 Å². The molecule has 0 aliphatic carbocycles. The van der Waals surface area contributed by atoms with Crippen molar-refractivity contribution in [1.29, 1.82) is 0 Å². The fourth-order valence-corrected chi connectivity index (χ4v) is 1.57. The van der Waals surface area contributed by atoms with Crippen molar-refractivity contribution in [2.75, 3.05) is 0 Å². The van der Waals surface area contributed by atoms with Crippen LogP contribution in [-0.2, 0) is 15.8 Å². The molecule has 0 aliphatic rings. The predicted octanol–water partition coefficient (Wildman–Crippen LogP) is 6.93. The molecule has 0 aliphatic heterocycles. The molecular weight excluding hydrogens is 298 g/mol. The van der Waals surface area contributed by atoms with Crippen molar-refractivity contribution < 1.29 is 9.88 Å². The van der Waals surface area contributed by atoms with Crippen LogP contribution in [0.1, 0.15) is 101 Å². The lowest BCUT2D eigenvalue weighted by atomic mass is 9.80. The van der Waals surface area contributed by atoms with Gasteiger partial charge in [-0.15, -0.1) is 0 Å². The lowest BCUT2D eigenvalue weighted by molar-refractivity contribution is -0.211. The maximum Gasteiger partial charge on any atom is 0.168 e. The van der Waals surface area contributed by atoms with E-state index in [9.17, 15) is 0 Å². The molecule has 0 unspecified atom stereocenters. The van der Waals surface area contributed by atoms with Gasteiger partial charge in [-0.1, -0.05) is 101 Å². The minimum absolute atomic E-state index is 0.0635. The molecule has 144 valence electrons. The molecule has 1 aromatic carbocycles. The molecule has 24 heavy (non-hydrogen) atoms. The van der Waals surface area contributed by atoms with E-state index in [0.717, 1.165) is 0 Å². The summed E-state index contributed by atoms with van der Waals surface area (Å²) in [5.41, 5.74) is 2.54. The molecule has 0 radical (unpaired) electrons. The van der Waals surface area contributed by atoms with Crippen LogP contribution in [0.15, 0.2) is 18.2 Å². The summed E-state index contributed by atoms with van der Waals surface area (Å²) >= 11 is 0. The average molecular weight is 342 g/mol. The quantitative estimate of drug-likeness (QED) is 0.468. The zero-order chi connectivity index (χ0) is 20.0. The summed E-state index contributed by atoms with van der Waals surface area (Å²) in [7, 11) is 0. The molecule has 2 N–H and O–H groups in total. The van der Waals surface area contributed by atoms with E-state index >= 15 is 0 Å². The first-order chi connectivity index (χ1) is 11.1. The summed E-state index contributed by atoms with van der Waals surface area (Å²) in [4.78, 5) is 9.22. The Bertz CT molecular complexity index is 369. The molecule has 3 nitrogen and oxygen atoms in total. The van der Waals surface area contributed by atoms with Crippen LogP contribution >= 0.6 is 0 Å². The molecule has 0 saturated heterocycles. The van der Waals surface area contributed by atoms with E-state index < -0.39 is 0 Å². The largest absolute Gasteiger partial charge is 0.320 e. The van der Waals surface area contributed by atoms with Crippen LogP contribution in [0.4, 0.5) is 0 Å². The Morgan fingerprint density at radius 2 is 1.04 bits per heavy atom. The summed E-state index contributed by atoms with van der Waals surface area (Å²) in [6.45, 7) is 25.3. The van der Waals surface area contributed by atoms with Crippen molar-refractivity contribution in [2.45, 2.75) is 100 Å². The number of benzene rings is 1. The second-order valence-electron chi connectivity index (χ2n) is 7.13. The predicted molar refractivity (Wildman–Crippen MR) is 108 cm³/mol. The zero-order valence-electron chi connectivity index (χ0n) is 18.3. The van der Waals surface area contributed by atoms with Gasteiger partial charge in [-0.05, 0) is 34.1 Å². The van der Waals surface area contributed by atoms with Crippen LogP contribution in [0.5, 0.6) is 5.75 Å². The van der Waals surface area contributed by atoms with Crippen LogP contribution < -0.4 is 10.8 Å². The first-order valence-electron chi connectivity index (χ1n) is 9.25. The Balaban J connectivity index is -0.000000549. The fourth-order valence-electron chi connectivity index (χ4n) is 1.57. The molecule has 1 rings (SSSR count). The molecule has 0 bridgehead atoms. The molecular formula is C21H43NO2. The van der Waals surface area contributed by atoms with Crippen molar-refractivity contribution >= 4 is 0 Å².